The van der Waals surface area contributed by atoms with Crippen molar-refractivity contribution in [3.05, 3.63) is 24.3 Å². The van der Waals surface area contributed by atoms with Gasteiger partial charge in [0.05, 0.1) is 13.2 Å². The third-order valence-electron chi connectivity index (χ3n) is 1.94. The van der Waals surface area contributed by atoms with Crippen molar-refractivity contribution in [3.8, 4) is 11.5 Å². The summed E-state index contributed by atoms with van der Waals surface area (Å²) in [5.74, 6) is 0.553. The first kappa shape index (κ1) is 12.4. The van der Waals surface area contributed by atoms with E-state index in [0.29, 0.717) is 31.1 Å². The summed E-state index contributed by atoms with van der Waals surface area (Å²) < 4.78 is 10.8. The summed E-state index contributed by atoms with van der Waals surface area (Å²) in [6.07, 6.45) is 0.618. The summed E-state index contributed by atoms with van der Waals surface area (Å²) in [7, 11) is 0. The minimum Gasteiger partial charge on any atom is -0.490 e. The molecule has 88 valence electrons. The van der Waals surface area contributed by atoms with Gasteiger partial charge in [-0.05, 0) is 25.5 Å². The Morgan fingerprint density at radius 1 is 1.25 bits per heavy atom. The predicted octanol–water partition coefficient (Wildman–Crippen LogP) is 2.33. The Balaban J connectivity index is 2.43. The first-order chi connectivity index (χ1) is 7.74. The topological polar surface area (TPSA) is 55.8 Å². The zero-order valence-electron chi connectivity index (χ0n) is 9.31. The van der Waals surface area contributed by atoms with Gasteiger partial charge in [0, 0.05) is 6.42 Å². The molecule has 1 rings (SSSR count). The van der Waals surface area contributed by atoms with Crippen LogP contribution in [-0.2, 0) is 4.79 Å². The molecule has 0 bridgehead atoms. The fourth-order valence-corrected chi connectivity index (χ4v) is 1.25. The highest BCUT2D eigenvalue weighted by molar-refractivity contribution is 5.66. The number of ether oxygens (including phenoxy) is 2. The van der Waals surface area contributed by atoms with Gasteiger partial charge in [-0.3, -0.25) is 4.79 Å². The van der Waals surface area contributed by atoms with Gasteiger partial charge in [-0.1, -0.05) is 12.1 Å². The third-order valence-corrected chi connectivity index (χ3v) is 1.94. The van der Waals surface area contributed by atoms with Crippen LogP contribution >= 0.6 is 0 Å². The average Bonchev–Trinajstić information content (AvgIpc) is 2.26. The molecule has 0 aliphatic carbocycles. The molecule has 0 atom stereocenters. The molecule has 0 radical (unpaired) electrons. The SMILES string of the molecule is CCOc1ccccc1OCCCC(=O)O. The highest BCUT2D eigenvalue weighted by atomic mass is 16.5. The number of carboxylic acids is 1. The molecule has 16 heavy (non-hydrogen) atoms. The molecule has 4 heteroatoms. The zero-order chi connectivity index (χ0) is 11.8. The maximum atomic E-state index is 10.3. The molecule has 0 fully saturated rings. The highest BCUT2D eigenvalue weighted by Crippen LogP contribution is 2.26. The molecule has 0 spiro atoms. The first-order valence-corrected chi connectivity index (χ1v) is 5.30. The molecule has 0 aliphatic rings. The lowest BCUT2D eigenvalue weighted by Gasteiger charge is -2.10. The van der Waals surface area contributed by atoms with E-state index in [4.69, 9.17) is 14.6 Å². The van der Waals surface area contributed by atoms with E-state index in [1.807, 2.05) is 31.2 Å². The van der Waals surface area contributed by atoms with Crippen LogP contribution in [0.3, 0.4) is 0 Å². The summed E-state index contributed by atoms with van der Waals surface area (Å²) in [5.41, 5.74) is 0. The van der Waals surface area contributed by atoms with E-state index < -0.39 is 5.97 Å². The number of carboxylic acid groups (broad SMARTS) is 1. The standard InChI is InChI=1S/C12H16O4/c1-2-15-10-6-3-4-7-11(10)16-9-5-8-12(13)14/h3-4,6-7H,2,5,8-9H2,1H3,(H,13,14). The van der Waals surface area contributed by atoms with E-state index in [1.165, 1.54) is 0 Å². The molecule has 0 saturated heterocycles. The van der Waals surface area contributed by atoms with Crippen LogP contribution in [-0.4, -0.2) is 24.3 Å². The lowest BCUT2D eigenvalue weighted by Crippen LogP contribution is -2.03. The van der Waals surface area contributed by atoms with Crippen molar-refractivity contribution in [1.82, 2.24) is 0 Å². The van der Waals surface area contributed by atoms with E-state index in [1.54, 1.807) is 0 Å². The maximum absolute atomic E-state index is 10.3. The van der Waals surface area contributed by atoms with Crippen LogP contribution < -0.4 is 9.47 Å². The van der Waals surface area contributed by atoms with E-state index in [0.717, 1.165) is 0 Å². The van der Waals surface area contributed by atoms with Crippen LogP contribution in [0, 0.1) is 0 Å². The van der Waals surface area contributed by atoms with Gasteiger partial charge in [-0.15, -0.1) is 0 Å². The normalized spacial score (nSPS) is 9.81. The largest absolute Gasteiger partial charge is 0.490 e. The Morgan fingerprint density at radius 2 is 1.88 bits per heavy atom. The maximum Gasteiger partial charge on any atom is 0.303 e. The Labute approximate surface area is 94.8 Å². The summed E-state index contributed by atoms with van der Waals surface area (Å²) >= 11 is 0. The fraction of sp³-hybridized carbons (Fsp3) is 0.417. The second kappa shape index (κ2) is 6.71. The lowest BCUT2D eigenvalue weighted by molar-refractivity contribution is -0.137. The van der Waals surface area contributed by atoms with Crippen LogP contribution in [0.25, 0.3) is 0 Å². The molecular weight excluding hydrogens is 208 g/mol. The van der Waals surface area contributed by atoms with Crippen LogP contribution in [0.5, 0.6) is 11.5 Å². The Hall–Kier alpha value is -1.71. The van der Waals surface area contributed by atoms with Gasteiger partial charge in [0.1, 0.15) is 0 Å². The number of hydrogen-bond acceptors (Lipinski definition) is 3. The number of aliphatic carboxylic acids is 1. The molecule has 1 aromatic rings. The summed E-state index contributed by atoms with van der Waals surface area (Å²) in [4.78, 5) is 10.3. The average molecular weight is 224 g/mol. The fourth-order valence-electron chi connectivity index (χ4n) is 1.25. The van der Waals surface area contributed by atoms with Crippen molar-refractivity contribution >= 4 is 5.97 Å². The van der Waals surface area contributed by atoms with Crippen LogP contribution in [0.2, 0.25) is 0 Å². The molecule has 4 nitrogen and oxygen atoms in total. The molecule has 0 amide bonds. The van der Waals surface area contributed by atoms with Gasteiger partial charge in [-0.25, -0.2) is 0 Å². The third kappa shape index (κ3) is 4.21. The molecule has 0 saturated carbocycles. The van der Waals surface area contributed by atoms with E-state index >= 15 is 0 Å². The van der Waals surface area contributed by atoms with Crippen molar-refractivity contribution in [2.75, 3.05) is 13.2 Å². The van der Waals surface area contributed by atoms with Crippen molar-refractivity contribution in [2.45, 2.75) is 19.8 Å². The number of carbonyl (C=O) groups is 1. The van der Waals surface area contributed by atoms with Gasteiger partial charge >= 0.3 is 5.97 Å². The Morgan fingerprint density at radius 3 is 2.44 bits per heavy atom. The molecule has 1 aromatic carbocycles. The van der Waals surface area contributed by atoms with Crippen molar-refractivity contribution in [3.63, 3.8) is 0 Å². The second-order valence-corrected chi connectivity index (χ2v) is 3.23. The summed E-state index contributed by atoms with van der Waals surface area (Å²) in [6, 6.07) is 7.37. The van der Waals surface area contributed by atoms with Gasteiger partial charge in [0.2, 0.25) is 0 Å². The van der Waals surface area contributed by atoms with Gasteiger partial charge in [0.15, 0.2) is 11.5 Å². The van der Waals surface area contributed by atoms with Crippen LogP contribution in [0.4, 0.5) is 0 Å². The van der Waals surface area contributed by atoms with Crippen molar-refractivity contribution in [1.29, 1.82) is 0 Å². The van der Waals surface area contributed by atoms with E-state index in [2.05, 4.69) is 0 Å². The predicted molar refractivity (Wildman–Crippen MR) is 60.0 cm³/mol. The molecule has 0 aromatic heterocycles. The minimum atomic E-state index is -0.804. The number of rotatable bonds is 7. The lowest BCUT2D eigenvalue weighted by atomic mass is 10.3. The monoisotopic (exact) mass is 224 g/mol. The van der Waals surface area contributed by atoms with Crippen molar-refractivity contribution < 1.29 is 19.4 Å². The second-order valence-electron chi connectivity index (χ2n) is 3.23. The number of hydrogen-bond donors (Lipinski definition) is 1. The van der Waals surface area contributed by atoms with Gasteiger partial charge in [0.25, 0.3) is 0 Å². The minimum absolute atomic E-state index is 0.122. The number of benzene rings is 1. The zero-order valence-corrected chi connectivity index (χ0v) is 9.31. The molecule has 0 unspecified atom stereocenters. The van der Waals surface area contributed by atoms with Gasteiger partial charge < -0.3 is 14.6 Å². The number of para-hydroxylation sites is 2. The van der Waals surface area contributed by atoms with Crippen molar-refractivity contribution in [2.24, 2.45) is 0 Å². The smallest absolute Gasteiger partial charge is 0.303 e. The van der Waals surface area contributed by atoms with Crippen LogP contribution in [0.15, 0.2) is 24.3 Å². The highest BCUT2D eigenvalue weighted by Gasteiger charge is 2.03. The molecule has 0 aliphatic heterocycles. The summed E-state index contributed by atoms with van der Waals surface area (Å²) in [5, 5.41) is 8.47. The summed E-state index contributed by atoms with van der Waals surface area (Å²) in [6.45, 7) is 2.87. The quantitative estimate of drug-likeness (QED) is 0.722. The van der Waals surface area contributed by atoms with Crippen LogP contribution in [0.1, 0.15) is 19.8 Å². The first-order valence-electron chi connectivity index (χ1n) is 5.30. The van der Waals surface area contributed by atoms with E-state index in [9.17, 15) is 4.79 Å². The Bertz CT molecular complexity index is 336. The molecular formula is C12H16O4. The van der Waals surface area contributed by atoms with Gasteiger partial charge in [-0.2, -0.15) is 0 Å². The molecule has 0 heterocycles. The van der Waals surface area contributed by atoms with E-state index in [-0.39, 0.29) is 6.42 Å². The molecule has 1 N–H and O–H groups in total. The Kier molecular flexibility index (Phi) is 5.19.